The van der Waals surface area contributed by atoms with E-state index in [1.807, 2.05) is 11.3 Å². The van der Waals surface area contributed by atoms with Crippen LogP contribution in [0.4, 0.5) is 0 Å². The Labute approximate surface area is 109 Å². The molecular weight excluding hydrogens is 228 g/mol. The predicted octanol–water partition coefficient (Wildman–Crippen LogP) is 2.91. The Balaban J connectivity index is 1.90. The molecule has 0 bridgehead atoms. The molecule has 17 heavy (non-hydrogen) atoms. The van der Waals surface area contributed by atoms with Gasteiger partial charge in [0.2, 0.25) is 0 Å². The van der Waals surface area contributed by atoms with Gasteiger partial charge in [-0.05, 0) is 56.3 Å². The predicted molar refractivity (Wildman–Crippen MR) is 75.6 cm³/mol. The van der Waals surface area contributed by atoms with Crippen molar-refractivity contribution in [2.75, 3.05) is 26.2 Å². The van der Waals surface area contributed by atoms with Gasteiger partial charge in [-0.25, -0.2) is 0 Å². The number of nitrogens with two attached hydrogens (primary N) is 1. The summed E-state index contributed by atoms with van der Waals surface area (Å²) in [6.45, 7) is 6.86. The van der Waals surface area contributed by atoms with Crippen LogP contribution in [-0.2, 0) is 0 Å². The molecule has 3 heteroatoms. The molecule has 2 heterocycles. The van der Waals surface area contributed by atoms with Crippen LogP contribution in [0.1, 0.15) is 37.0 Å². The number of nitrogens with zero attached hydrogens (tertiary/aromatic N) is 1. The lowest BCUT2D eigenvalue weighted by Crippen LogP contribution is -2.37. The second kappa shape index (κ2) is 6.53. The van der Waals surface area contributed by atoms with E-state index in [1.54, 1.807) is 0 Å². The topological polar surface area (TPSA) is 29.3 Å². The molecule has 0 saturated carbocycles. The lowest BCUT2D eigenvalue weighted by atomic mass is 9.83. The van der Waals surface area contributed by atoms with Gasteiger partial charge in [0, 0.05) is 17.3 Å². The quantitative estimate of drug-likeness (QED) is 0.873. The molecule has 96 valence electrons. The average Bonchev–Trinajstić information content (AvgIpc) is 2.86. The maximum Gasteiger partial charge on any atom is 0.00915 e. The number of likely N-dealkylation sites (tertiary alicyclic amines) is 1. The van der Waals surface area contributed by atoms with Crippen LogP contribution in [0.2, 0.25) is 0 Å². The molecular formula is C14H24N2S. The highest BCUT2D eigenvalue weighted by Gasteiger charge is 2.26. The zero-order valence-electron chi connectivity index (χ0n) is 10.8. The van der Waals surface area contributed by atoms with Gasteiger partial charge >= 0.3 is 0 Å². The lowest BCUT2D eigenvalue weighted by Gasteiger charge is -2.35. The van der Waals surface area contributed by atoms with Gasteiger partial charge < -0.3 is 10.6 Å². The molecule has 0 amide bonds. The van der Waals surface area contributed by atoms with Gasteiger partial charge in [-0.3, -0.25) is 0 Å². The summed E-state index contributed by atoms with van der Waals surface area (Å²) in [5, 5.41) is 2.17. The van der Waals surface area contributed by atoms with Crippen LogP contribution in [0.5, 0.6) is 0 Å². The number of piperidine rings is 1. The summed E-state index contributed by atoms with van der Waals surface area (Å²) in [6, 6.07) is 4.40. The summed E-state index contributed by atoms with van der Waals surface area (Å²) < 4.78 is 0. The Hall–Kier alpha value is -0.380. The largest absolute Gasteiger partial charge is 0.330 e. The van der Waals surface area contributed by atoms with Crippen LogP contribution in [-0.4, -0.2) is 31.1 Å². The maximum atomic E-state index is 5.98. The van der Waals surface area contributed by atoms with E-state index >= 15 is 0 Å². The highest BCUT2D eigenvalue weighted by Crippen LogP contribution is 2.34. The summed E-state index contributed by atoms with van der Waals surface area (Å²) in [5.41, 5.74) is 5.98. The van der Waals surface area contributed by atoms with Crippen molar-refractivity contribution in [1.29, 1.82) is 0 Å². The molecule has 0 radical (unpaired) electrons. The van der Waals surface area contributed by atoms with E-state index in [0.717, 1.165) is 12.5 Å². The molecule has 1 fully saturated rings. The van der Waals surface area contributed by atoms with E-state index in [9.17, 15) is 0 Å². The van der Waals surface area contributed by atoms with Gasteiger partial charge in [0.25, 0.3) is 0 Å². The first-order chi connectivity index (χ1) is 8.35. The van der Waals surface area contributed by atoms with Crippen LogP contribution >= 0.6 is 11.3 Å². The Morgan fingerprint density at radius 3 is 2.76 bits per heavy atom. The van der Waals surface area contributed by atoms with Crippen molar-refractivity contribution >= 4 is 11.3 Å². The maximum absolute atomic E-state index is 5.98. The van der Waals surface area contributed by atoms with Crippen LogP contribution in [0.25, 0.3) is 0 Å². The van der Waals surface area contributed by atoms with Crippen LogP contribution in [0.15, 0.2) is 17.5 Å². The molecule has 1 saturated heterocycles. The van der Waals surface area contributed by atoms with Crippen molar-refractivity contribution in [2.24, 2.45) is 11.7 Å². The first-order valence-corrected chi connectivity index (χ1v) is 7.69. The zero-order valence-corrected chi connectivity index (χ0v) is 11.6. The first kappa shape index (κ1) is 13.1. The van der Waals surface area contributed by atoms with Crippen molar-refractivity contribution in [1.82, 2.24) is 4.90 Å². The minimum absolute atomic E-state index is 0.596. The van der Waals surface area contributed by atoms with Crippen molar-refractivity contribution in [3.05, 3.63) is 22.4 Å². The Morgan fingerprint density at radius 1 is 1.47 bits per heavy atom. The number of rotatable bonds is 5. The van der Waals surface area contributed by atoms with E-state index in [4.69, 9.17) is 5.73 Å². The number of thiophene rings is 1. The Kier molecular flexibility index (Phi) is 5.01. The van der Waals surface area contributed by atoms with Crippen molar-refractivity contribution in [2.45, 2.75) is 32.1 Å². The van der Waals surface area contributed by atoms with Gasteiger partial charge in [-0.15, -0.1) is 11.3 Å². The van der Waals surface area contributed by atoms with Gasteiger partial charge in [0.15, 0.2) is 0 Å². The minimum Gasteiger partial charge on any atom is -0.330 e. The average molecular weight is 252 g/mol. The molecule has 1 aliphatic rings. The highest BCUT2D eigenvalue weighted by molar-refractivity contribution is 7.10. The third kappa shape index (κ3) is 3.30. The standard InChI is InChI=1S/C14H24N2S/c1-2-7-16-8-5-12(6-9-16)13(11-15)14-4-3-10-17-14/h3-4,10,12-13H,2,5-9,11,15H2,1H3. The van der Waals surface area contributed by atoms with Crippen molar-refractivity contribution in [3.63, 3.8) is 0 Å². The molecule has 1 aromatic rings. The van der Waals surface area contributed by atoms with Gasteiger partial charge in [0.1, 0.15) is 0 Å². The zero-order chi connectivity index (χ0) is 12.1. The molecule has 0 aliphatic carbocycles. The summed E-state index contributed by atoms with van der Waals surface area (Å²) in [6.07, 6.45) is 3.91. The molecule has 1 aliphatic heterocycles. The summed E-state index contributed by atoms with van der Waals surface area (Å²) in [4.78, 5) is 4.08. The fraction of sp³-hybridized carbons (Fsp3) is 0.714. The number of hydrogen-bond donors (Lipinski definition) is 1. The molecule has 2 N–H and O–H groups in total. The molecule has 1 atom stereocenters. The van der Waals surface area contributed by atoms with E-state index in [1.165, 1.54) is 43.8 Å². The third-order valence-electron chi connectivity index (χ3n) is 3.90. The highest BCUT2D eigenvalue weighted by atomic mass is 32.1. The fourth-order valence-electron chi connectivity index (χ4n) is 2.94. The monoisotopic (exact) mass is 252 g/mol. The smallest absolute Gasteiger partial charge is 0.00915 e. The van der Waals surface area contributed by atoms with Crippen LogP contribution in [0.3, 0.4) is 0 Å². The van der Waals surface area contributed by atoms with E-state index in [0.29, 0.717) is 5.92 Å². The van der Waals surface area contributed by atoms with Gasteiger partial charge in [-0.1, -0.05) is 13.0 Å². The summed E-state index contributed by atoms with van der Waals surface area (Å²) >= 11 is 1.87. The Bertz CT molecular complexity index is 302. The second-order valence-electron chi connectivity index (χ2n) is 5.04. The molecule has 0 aromatic carbocycles. The number of hydrogen-bond acceptors (Lipinski definition) is 3. The second-order valence-corrected chi connectivity index (χ2v) is 6.02. The van der Waals surface area contributed by atoms with Gasteiger partial charge in [-0.2, -0.15) is 0 Å². The molecule has 0 spiro atoms. The third-order valence-corrected chi connectivity index (χ3v) is 4.91. The molecule has 2 rings (SSSR count). The van der Waals surface area contributed by atoms with E-state index in [2.05, 4.69) is 29.3 Å². The van der Waals surface area contributed by atoms with E-state index in [-0.39, 0.29) is 0 Å². The minimum atomic E-state index is 0.596. The fourth-order valence-corrected chi connectivity index (χ4v) is 3.87. The molecule has 1 unspecified atom stereocenters. The molecule has 1 aromatic heterocycles. The normalized spacial score (nSPS) is 20.6. The SMILES string of the molecule is CCCN1CCC(C(CN)c2cccs2)CC1. The summed E-state index contributed by atoms with van der Waals surface area (Å²) in [7, 11) is 0. The van der Waals surface area contributed by atoms with E-state index < -0.39 is 0 Å². The summed E-state index contributed by atoms with van der Waals surface area (Å²) in [5.74, 6) is 1.39. The van der Waals surface area contributed by atoms with Crippen LogP contribution < -0.4 is 5.73 Å². The van der Waals surface area contributed by atoms with Crippen molar-refractivity contribution in [3.8, 4) is 0 Å². The first-order valence-electron chi connectivity index (χ1n) is 6.81. The van der Waals surface area contributed by atoms with Crippen molar-refractivity contribution < 1.29 is 0 Å². The lowest BCUT2D eigenvalue weighted by molar-refractivity contribution is 0.170. The Morgan fingerprint density at radius 2 is 2.24 bits per heavy atom. The van der Waals surface area contributed by atoms with Crippen LogP contribution in [0, 0.1) is 5.92 Å². The molecule has 2 nitrogen and oxygen atoms in total. The van der Waals surface area contributed by atoms with Gasteiger partial charge in [0.05, 0.1) is 0 Å².